The van der Waals surface area contributed by atoms with Crippen molar-refractivity contribution >= 4 is 21.8 Å². The Morgan fingerprint density at radius 2 is 1.65 bits per heavy atom. The van der Waals surface area contributed by atoms with Gasteiger partial charge in [0.2, 0.25) is 0 Å². The third-order valence-corrected chi connectivity index (χ3v) is 9.58. The molecule has 5 nitrogen and oxygen atoms in total. The van der Waals surface area contributed by atoms with Crippen LogP contribution >= 0.6 is 0 Å². The van der Waals surface area contributed by atoms with E-state index in [1.807, 2.05) is 62.5 Å². The summed E-state index contributed by atoms with van der Waals surface area (Å²) in [5.41, 5.74) is 5.88. The maximum atomic E-state index is 15.2. The van der Waals surface area contributed by atoms with E-state index in [9.17, 15) is 4.39 Å². The van der Waals surface area contributed by atoms with Crippen LogP contribution in [0.2, 0.25) is 0 Å². The first-order valence-electron chi connectivity index (χ1n) is 17.4. The molecule has 3 aromatic carbocycles. The van der Waals surface area contributed by atoms with Gasteiger partial charge < -0.3 is 4.74 Å². The van der Waals surface area contributed by atoms with E-state index in [1.54, 1.807) is 4.68 Å². The number of hydrogen-bond acceptors (Lipinski definition) is 3. The molecule has 0 spiro atoms. The van der Waals surface area contributed by atoms with Crippen molar-refractivity contribution in [3.05, 3.63) is 119 Å². The van der Waals surface area contributed by atoms with Gasteiger partial charge >= 0.3 is 0 Å². The number of aromatic nitrogens is 4. The van der Waals surface area contributed by atoms with E-state index < -0.39 is 24.1 Å². The molecular weight excluding hydrogens is 621 g/mol. The first kappa shape index (κ1) is 32.7. The standard InChI is InChI=1S/C41H41F3N4O/c1-4-7-8-12-26-19-20-45-39(21-26)47-37-16-10-9-15-31(37)32-18-17-30(25-38(32)47)49-29-14-11-13-28(24-29)48-36(6-3)41(35(5-2)46-48)40-33(43)22-27(42)23-34(40)44/h9-11,13-22,24-25,27,34,40H,4-8,12,23H2,1-3H3/t27?,34-,40+/m0/s1. The number of pyridine rings is 1. The molecule has 1 aliphatic rings. The molecule has 0 bridgehead atoms. The summed E-state index contributed by atoms with van der Waals surface area (Å²) in [5.74, 6) is 0.206. The van der Waals surface area contributed by atoms with Crippen LogP contribution in [-0.4, -0.2) is 31.7 Å². The van der Waals surface area contributed by atoms with Gasteiger partial charge in [-0.3, -0.25) is 4.57 Å². The number of aryl methyl sites for hydroxylation is 2. The lowest BCUT2D eigenvalue weighted by molar-refractivity contribution is 0.195. The largest absolute Gasteiger partial charge is 0.457 e. The van der Waals surface area contributed by atoms with Crippen molar-refractivity contribution in [3.8, 4) is 23.0 Å². The number of alkyl halides is 2. The summed E-state index contributed by atoms with van der Waals surface area (Å²) in [5, 5.41) is 7.06. The zero-order valence-electron chi connectivity index (χ0n) is 28.2. The molecule has 0 fully saturated rings. The summed E-state index contributed by atoms with van der Waals surface area (Å²) in [4.78, 5) is 4.79. The summed E-state index contributed by atoms with van der Waals surface area (Å²) >= 11 is 0. The van der Waals surface area contributed by atoms with Crippen LogP contribution in [0.1, 0.15) is 74.9 Å². The van der Waals surface area contributed by atoms with Gasteiger partial charge in [0.05, 0.1) is 28.3 Å². The SMILES string of the molecule is CCCCCc1ccnc(-n2c3ccccc3c3ccc(Oc4cccc(-n5nc(CC)c([C@@H]6C(F)=CC(F)C[C@@H]6F)c5CC)c4)cc32)c1. The maximum absolute atomic E-state index is 15.2. The summed E-state index contributed by atoms with van der Waals surface area (Å²) in [6.45, 7) is 6.07. The first-order chi connectivity index (χ1) is 23.9. The molecule has 3 heterocycles. The van der Waals surface area contributed by atoms with Crippen LogP contribution in [-0.2, 0) is 19.3 Å². The average Bonchev–Trinajstić information content (AvgIpc) is 3.63. The Morgan fingerprint density at radius 3 is 2.45 bits per heavy atom. The molecule has 1 unspecified atom stereocenters. The zero-order valence-corrected chi connectivity index (χ0v) is 28.2. The van der Waals surface area contributed by atoms with Gasteiger partial charge in [-0.2, -0.15) is 5.10 Å². The maximum Gasteiger partial charge on any atom is 0.137 e. The fourth-order valence-electron chi connectivity index (χ4n) is 7.27. The lowest BCUT2D eigenvalue weighted by Gasteiger charge is -2.26. The molecule has 6 aromatic rings. The lowest BCUT2D eigenvalue weighted by atomic mass is 9.83. The monoisotopic (exact) mass is 662 g/mol. The summed E-state index contributed by atoms with van der Waals surface area (Å²) in [6.07, 6.45) is 4.69. The third kappa shape index (κ3) is 6.25. The lowest BCUT2D eigenvalue weighted by Crippen LogP contribution is -2.25. The minimum Gasteiger partial charge on any atom is -0.457 e. The van der Waals surface area contributed by atoms with Gasteiger partial charge in [0, 0.05) is 46.8 Å². The third-order valence-electron chi connectivity index (χ3n) is 9.58. The van der Waals surface area contributed by atoms with E-state index in [0.29, 0.717) is 47.0 Å². The topological polar surface area (TPSA) is 44.9 Å². The van der Waals surface area contributed by atoms with Crippen molar-refractivity contribution < 1.29 is 17.9 Å². The number of rotatable bonds is 11. The number of hydrogen-bond donors (Lipinski definition) is 0. The van der Waals surface area contributed by atoms with Gasteiger partial charge in [-0.05, 0) is 79.8 Å². The zero-order chi connectivity index (χ0) is 34.1. The van der Waals surface area contributed by atoms with Crippen molar-refractivity contribution in [2.45, 2.75) is 84.0 Å². The van der Waals surface area contributed by atoms with Crippen LogP contribution < -0.4 is 4.74 Å². The smallest absolute Gasteiger partial charge is 0.137 e. The summed E-state index contributed by atoms with van der Waals surface area (Å²) in [6, 6.07) is 26.3. The molecular formula is C41H41F3N4O. The van der Waals surface area contributed by atoms with E-state index in [0.717, 1.165) is 46.5 Å². The van der Waals surface area contributed by atoms with Crippen molar-refractivity contribution in [2.75, 3.05) is 0 Å². The molecule has 0 N–H and O–H groups in total. The number of unbranched alkanes of at least 4 members (excludes halogenated alkanes) is 2. The normalized spacial score (nSPS) is 17.9. The second-order valence-electron chi connectivity index (χ2n) is 12.8. The van der Waals surface area contributed by atoms with Gasteiger partial charge in [-0.1, -0.05) is 57.9 Å². The Kier molecular flexibility index (Phi) is 9.30. The average molecular weight is 663 g/mol. The number of ether oxygens (including phenoxy) is 1. The fraction of sp³-hybridized carbons (Fsp3) is 0.317. The molecule has 0 radical (unpaired) electrons. The van der Waals surface area contributed by atoms with Crippen molar-refractivity contribution in [1.82, 2.24) is 19.3 Å². The molecule has 0 aliphatic heterocycles. The Morgan fingerprint density at radius 1 is 0.837 bits per heavy atom. The molecule has 7 rings (SSSR count). The predicted molar refractivity (Wildman–Crippen MR) is 191 cm³/mol. The van der Waals surface area contributed by atoms with Gasteiger partial charge in [-0.15, -0.1) is 0 Å². The molecule has 0 saturated heterocycles. The number of para-hydroxylation sites is 1. The first-order valence-corrected chi connectivity index (χ1v) is 17.4. The van der Waals surface area contributed by atoms with E-state index in [2.05, 4.69) is 47.9 Å². The highest BCUT2D eigenvalue weighted by molar-refractivity contribution is 6.09. The van der Waals surface area contributed by atoms with E-state index in [1.165, 1.54) is 18.4 Å². The molecule has 3 aromatic heterocycles. The van der Waals surface area contributed by atoms with Crippen molar-refractivity contribution in [1.29, 1.82) is 0 Å². The Bertz CT molecular complexity index is 2150. The second kappa shape index (κ2) is 13.9. The predicted octanol–water partition coefficient (Wildman–Crippen LogP) is 11.0. The van der Waals surface area contributed by atoms with Gasteiger partial charge in [0.1, 0.15) is 35.5 Å². The van der Waals surface area contributed by atoms with E-state index in [-0.39, 0.29) is 6.42 Å². The minimum atomic E-state index is -1.66. The van der Waals surface area contributed by atoms with Crippen molar-refractivity contribution in [3.63, 3.8) is 0 Å². The highest BCUT2D eigenvalue weighted by Gasteiger charge is 2.38. The molecule has 0 saturated carbocycles. The Labute approximate surface area is 285 Å². The van der Waals surface area contributed by atoms with Crippen LogP contribution in [0.3, 0.4) is 0 Å². The van der Waals surface area contributed by atoms with Gasteiger partial charge in [-0.25, -0.2) is 22.8 Å². The molecule has 8 heteroatoms. The molecule has 3 atom stereocenters. The Balaban J connectivity index is 1.26. The quantitative estimate of drug-likeness (QED) is 0.130. The minimum absolute atomic E-state index is 0.358. The summed E-state index contributed by atoms with van der Waals surface area (Å²) in [7, 11) is 0. The van der Waals surface area contributed by atoms with Gasteiger partial charge in [0.15, 0.2) is 0 Å². The fourth-order valence-corrected chi connectivity index (χ4v) is 7.27. The van der Waals surface area contributed by atoms with Crippen LogP contribution in [0.4, 0.5) is 13.2 Å². The van der Waals surface area contributed by atoms with Crippen LogP contribution in [0.15, 0.2) is 97.0 Å². The van der Waals surface area contributed by atoms with Crippen LogP contribution in [0.25, 0.3) is 33.3 Å². The van der Waals surface area contributed by atoms with E-state index in [4.69, 9.17) is 14.8 Å². The van der Waals surface area contributed by atoms with Crippen molar-refractivity contribution in [2.24, 2.45) is 0 Å². The number of halogens is 3. The summed E-state index contributed by atoms with van der Waals surface area (Å²) < 4.78 is 54.7. The molecule has 252 valence electrons. The van der Waals surface area contributed by atoms with Crippen LogP contribution in [0.5, 0.6) is 11.5 Å². The van der Waals surface area contributed by atoms with Gasteiger partial charge in [0.25, 0.3) is 0 Å². The Hall–Kier alpha value is -4.85. The highest BCUT2D eigenvalue weighted by Crippen LogP contribution is 2.42. The molecule has 0 amide bonds. The number of allylic oxidation sites excluding steroid dienone is 2. The number of nitrogens with zero attached hydrogens (tertiary/aromatic N) is 4. The molecule has 49 heavy (non-hydrogen) atoms. The molecule has 1 aliphatic carbocycles. The second-order valence-corrected chi connectivity index (χ2v) is 12.8. The number of benzene rings is 3. The number of fused-ring (bicyclic) bond motifs is 3. The van der Waals surface area contributed by atoms with Crippen LogP contribution in [0, 0.1) is 0 Å². The highest BCUT2D eigenvalue weighted by atomic mass is 19.2. The van der Waals surface area contributed by atoms with E-state index >= 15 is 8.78 Å².